The Labute approximate surface area is 163 Å². The Bertz CT molecular complexity index is 1030. The van der Waals surface area contributed by atoms with E-state index in [4.69, 9.17) is 10.00 Å². The Hall–Kier alpha value is -2.96. The van der Waals surface area contributed by atoms with Crippen molar-refractivity contribution in [2.45, 2.75) is 25.2 Å². The van der Waals surface area contributed by atoms with Gasteiger partial charge in [0.1, 0.15) is 0 Å². The molecule has 0 saturated carbocycles. The van der Waals surface area contributed by atoms with E-state index in [2.05, 4.69) is 4.72 Å². The van der Waals surface area contributed by atoms with Crippen molar-refractivity contribution in [2.24, 2.45) is 7.05 Å². The van der Waals surface area contributed by atoms with Gasteiger partial charge < -0.3 is 9.30 Å². The zero-order valence-electron chi connectivity index (χ0n) is 15.9. The molecule has 1 N–H and O–H groups in total. The number of Topliss-reactive ketones (excluding diaryl/α,β-unsaturated/α-hetero) is 1. The number of aromatic nitrogens is 1. The summed E-state index contributed by atoms with van der Waals surface area (Å²) in [6, 6.07) is 8.72. The summed E-state index contributed by atoms with van der Waals surface area (Å²) in [4.78, 5) is 24.4. The van der Waals surface area contributed by atoms with Gasteiger partial charge in [0.2, 0.25) is 15.8 Å². The molecule has 0 amide bonds. The lowest BCUT2D eigenvalue weighted by molar-refractivity contribution is 0.0474. The second-order valence-electron chi connectivity index (χ2n) is 6.17. The first-order valence-corrected chi connectivity index (χ1v) is 9.95. The van der Waals surface area contributed by atoms with Gasteiger partial charge in [0.25, 0.3) is 0 Å². The van der Waals surface area contributed by atoms with Gasteiger partial charge in [-0.05, 0) is 44.2 Å². The van der Waals surface area contributed by atoms with Gasteiger partial charge in [-0.2, -0.15) is 5.26 Å². The highest BCUT2D eigenvalue weighted by Crippen LogP contribution is 2.15. The molecular formula is C19H21N3O5S. The Balaban J connectivity index is 2.00. The zero-order valence-corrected chi connectivity index (χ0v) is 16.7. The molecule has 0 unspecified atom stereocenters. The van der Waals surface area contributed by atoms with Gasteiger partial charge in [0.05, 0.1) is 16.5 Å². The Kier molecular flexibility index (Phi) is 6.72. The fourth-order valence-corrected chi connectivity index (χ4v) is 3.56. The number of carbonyl (C=O) groups excluding carboxylic acids is 2. The zero-order chi connectivity index (χ0) is 20.9. The van der Waals surface area contributed by atoms with Crippen LogP contribution in [-0.4, -0.2) is 37.9 Å². The summed E-state index contributed by atoms with van der Waals surface area (Å²) < 4.78 is 33.3. The van der Waals surface area contributed by atoms with Gasteiger partial charge >= 0.3 is 5.97 Å². The first-order chi connectivity index (χ1) is 13.2. The third-order valence-electron chi connectivity index (χ3n) is 4.34. The summed E-state index contributed by atoms with van der Waals surface area (Å²) in [6.45, 7) is 3.29. The van der Waals surface area contributed by atoms with Crippen LogP contribution in [0.1, 0.15) is 38.5 Å². The normalized spacial score (nSPS) is 11.1. The molecule has 148 valence electrons. The van der Waals surface area contributed by atoms with E-state index in [-0.39, 0.29) is 29.2 Å². The van der Waals surface area contributed by atoms with Crippen LogP contribution in [0.4, 0.5) is 0 Å². The molecule has 0 spiro atoms. The quantitative estimate of drug-likeness (QED) is 0.408. The molecule has 28 heavy (non-hydrogen) atoms. The van der Waals surface area contributed by atoms with Gasteiger partial charge in [-0.1, -0.05) is 0 Å². The summed E-state index contributed by atoms with van der Waals surface area (Å²) >= 11 is 0. The van der Waals surface area contributed by atoms with Crippen molar-refractivity contribution in [1.82, 2.24) is 9.29 Å². The largest absolute Gasteiger partial charge is 0.454 e. The van der Waals surface area contributed by atoms with E-state index in [1.807, 2.05) is 31.5 Å². The summed E-state index contributed by atoms with van der Waals surface area (Å²) in [6.07, 6.45) is 0.0537. The number of hydrogen-bond acceptors (Lipinski definition) is 6. The molecule has 9 heteroatoms. The van der Waals surface area contributed by atoms with Crippen LogP contribution in [0.15, 0.2) is 35.2 Å². The second-order valence-corrected chi connectivity index (χ2v) is 7.94. The van der Waals surface area contributed by atoms with Crippen molar-refractivity contribution in [3.05, 3.63) is 52.8 Å². The van der Waals surface area contributed by atoms with E-state index < -0.39 is 22.6 Å². The SMILES string of the molecule is Cc1cc(C(=O)COC(=O)c2ccc(S(=O)(=O)NCCC#N)cc2)c(C)n1C. The topological polar surface area (TPSA) is 118 Å². The lowest BCUT2D eigenvalue weighted by Crippen LogP contribution is -2.24. The van der Waals surface area contributed by atoms with Gasteiger partial charge in [0, 0.05) is 37.0 Å². The molecule has 2 rings (SSSR count). The van der Waals surface area contributed by atoms with Crippen molar-refractivity contribution in [3.8, 4) is 6.07 Å². The molecule has 0 aliphatic heterocycles. The summed E-state index contributed by atoms with van der Waals surface area (Å²) in [5.74, 6) is -1.03. The Morgan fingerprint density at radius 2 is 1.86 bits per heavy atom. The van der Waals surface area contributed by atoms with Crippen LogP contribution in [0.3, 0.4) is 0 Å². The van der Waals surface area contributed by atoms with Crippen molar-refractivity contribution >= 4 is 21.8 Å². The van der Waals surface area contributed by atoms with E-state index >= 15 is 0 Å². The van der Waals surface area contributed by atoms with E-state index in [0.29, 0.717) is 5.56 Å². The van der Waals surface area contributed by atoms with E-state index in [1.54, 1.807) is 6.07 Å². The molecule has 1 aromatic carbocycles. The molecule has 0 radical (unpaired) electrons. The molecule has 8 nitrogen and oxygen atoms in total. The van der Waals surface area contributed by atoms with Crippen LogP contribution >= 0.6 is 0 Å². The number of ether oxygens (including phenoxy) is 1. The van der Waals surface area contributed by atoms with Crippen LogP contribution in [0.5, 0.6) is 0 Å². The van der Waals surface area contributed by atoms with Crippen LogP contribution in [-0.2, 0) is 21.8 Å². The van der Waals surface area contributed by atoms with Crippen molar-refractivity contribution in [3.63, 3.8) is 0 Å². The minimum atomic E-state index is -3.75. The van der Waals surface area contributed by atoms with Crippen LogP contribution < -0.4 is 4.72 Å². The molecule has 0 atom stereocenters. The number of hydrogen-bond donors (Lipinski definition) is 1. The van der Waals surface area contributed by atoms with Gasteiger partial charge in [-0.15, -0.1) is 0 Å². The van der Waals surface area contributed by atoms with E-state index in [0.717, 1.165) is 11.4 Å². The summed E-state index contributed by atoms with van der Waals surface area (Å²) in [7, 11) is -1.91. The molecular weight excluding hydrogens is 382 g/mol. The lowest BCUT2D eigenvalue weighted by Gasteiger charge is -2.07. The number of sulfonamides is 1. The summed E-state index contributed by atoms with van der Waals surface area (Å²) in [5, 5.41) is 8.46. The third-order valence-corrected chi connectivity index (χ3v) is 5.82. The molecule has 0 fully saturated rings. The summed E-state index contributed by atoms with van der Waals surface area (Å²) in [5.41, 5.74) is 2.34. The highest BCUT2D eigenvalue weighted by atomic mass is 32.2. The van der Waals surface area contributed by atoms with Crippen LogP contribution in [0, 0.1) is 25.2 Å². The van der Waals surface area contributed by atoms with Crippen molar-refractivity contribution in [1.29, 1.82) is 5.26 Å². The highest BCUT2D eigenvalue weighted by Gasteiger charge is 2.18. The number of ketones is 1. The van der Waals surface area contributed by atoms with Gasteiger partial charge in [-0.25, -0.2) is 17.9 Å². The Morgan fingerprint density at radius 3 is 2.39 bits per heavy atom. The predicted molar refractivity (Wildman–Crippen MR) is 101 cm³/mol. The molecule has 0 bridgehead atoms. The fraction of sp³-hybridized carbons (Fsp3) is 0.316. The minimum Gasteiger partial charge on any atom is -0.454 e. The van der Waals surface area contributed by atoms with E-state index in [9.17, 15) is 18.0 Å². The molecule has 0 aliphatic carbocycles. The second kappa shape index (κ2) is 8.82. The molecule has 1 aromatic heterocycles. The van der Waals surface area contributed by atoms with Crippen molar-refractivity contribution < 1.29 is 22.7 Å². The average molecular weight is 403 g/mol. The average Bonchev–Trinajstić information content (AvgIpc) is 2.93. The van der Waals surface area contributed by atoms with Gasteiger partial charge in [0.15, 0.2) is 6.61 Å². The maximum atomic E-state index is 12.3. The minimum absolute atomic E-state index is 0.00309. The third kappa shape index (κ3) is 4.85. The lowest BCUT2D eigenvalue weighted by atomic mass is 10.1. The highest BCUT2D eigenvalue weighted by molar-refractivity contribution is 7.89. The fourth-order valence-electron chi connectivity index (χ4n) is 2.52. The number of benzene rings is 1. The number of nitriles is 1. The smallest absolute Gasteiger partial charge is 0.338 e. The first kappa shape index (κ1) is 21.3. The van der Waals surface area contributed by atoms with Crippen LogP contribution in [0.2, 0.25) is 0 Å². The maximum absolute atomic E-state index is 12.3. The molecule has 0 saturated heterocycles. The monoisotopic (exact) mass is 403 g/mol. The molecule has 1 heterocycles. The number of aryl methyl sites for hydroxylation is 1. The number of nitrogens with zero attached hydrogens (tertiary/aromatic N) is 2. The number of carbonyl (C=O) groups is 2. The molecule has 0 aliphatic rings. The molecule has 2 aromatic rings. The first-order valence-electron chi connectivity index (χ1n) is 8.47. The Morgan fingerprint density at radius 1 is 1.21 bits per heavy atom. The van der Waals surface area contributed by atoms with Gasteiger partial charge in [-0.3, -0.25) is 4.79 Å². The number of rotatable bonds is 8. The standard InChI is InChI=1S/C19H21N3O5S/c1-13-11-17(14(2)22(13)3)18(23)12-27-19(24)15-5-7-16(8-6-15)28(25,26)21-10-4-9-20/h5-8,11,21H,4,10,12H2,1-3H3. The number of esters is 1. The van der Waals surface area contributed by atoms with Crippen LogP contribution in [0.25, 0.3) is 0 Å². The predicted octanol–water partition coefficient (Wildman–Crippen LogP) is 1.87. The van der Waals surface area contributed by atoms with E-state index in [1.165, 1.54) is 24.3 Å². The number of nitrogens with one attached hydrogen (secondary N) is 1. The van der Waals surface area contributed by atoms with Crippen molar-refractivity contribution in [2.75, 3.05) is 13.2 Å². The maximum Gasteiger partial charge on any atom is 0.338 e.